The fraction of sp³-hybridized carbons (Fsp3) is 0.714. The van der Waals surface area contributed by atoms with Crippen LogP contribution in [0.2, 0.25) is 0 Å². The third-order valence-electron chi connectivity index (χ3n) is 6.22. The predicted octanol–water partition coefficient (Wildman–Crippen LogP) is 4.12. The third-order valence-corrected chi connectivity index (χ3v) is 6.22. The topological polar surface area (TPSA) is 40.5 Å². The van der Waals surface area contributed by atoms with Crippen molar-refractivity contribution in [2.24, 2.45) is 17.8 Å². The molecule has 0 saturated heterocycles. The van der Waals surface area contributed by atoms with Crippen LogP contribution in [0.3, 0.4) is 0 Å². The van der Waals surface area contributed by atoms with Crippen molar-refractivity contribution in [2.75, 3.05) is 0 Å². The lowest BCUT2D eigenvalue weighted by Gasteiger charge is -2.31. The first-order chi connectivity index (χ1) is 11.2. The molecule has 5 atom stereocenters. The molecule has 1 fully saturated rings. The Kier molecular flexibility index (Phi) is 5.76. The lowest BCUT2D eigenvalue weighted by Crippen LogP contribution is -2.27. The van der Waals surface area contributed by atoms with E-state index >= 15 is 0 Å². The second-order valence-corrected chi connectivity index (χ2v) is 7.79. The Bertz CT molecular complexity index is 498. The number of hydrogen-bond acceptors (Lipinski definition) is 2. The predicted molar refractivity (Wildman–Crippen MR) is 94.3 cm³/mol. The van der Waals surface area contributed by atoms with Gasteiger partial charge in [0.1, 0.15) is 0 Å². The lowest BCUT2D eigenvalue weighted by molar-refractivity contribution is 0.0870. The molecule has 0 aromatic heterocycles. The first-order valence-corrected chi connectivity index (χ1v) is 9.62. The molecule has 3 rings (SSSR count). The van der Waals surface area contributed by atoms with E-state index in [0.717, 1.165) is 44.9 Å². The normalized spacial score (nSPS) is 30.7. The first-order valence-electron chi connectivity index (χ1n) is 9.62. The molecule has 0 radical (unpaired) electrons. The van der Waals surface area contributed by atoms with Crippen molar-refractivity contribution in [2.45, 2.75) is 76.9 Å². The maximum Gasteiger partial charge on any atom is 0.0574 e. The molecule has 2 heteroatoms. The SMILES string of the molecule is CCCCC[C@@H](O)CCC1C(O)CC2Cc3ccccc3CC21. The number of aliphatic hydroxyl groups excluding tert-OH is 2. The van der Waals surface area contributed by atoms with Crippen LogP contribution in [0.25, 0.3) is 0 Å². The molecule has 1 saturated carbocycles. The van der Waals surface area contributed by atoms with Crippen molar-refractivity contribution in [1.29, 1.82) is 0 Å². The molecule has 2 aliphatic rings. The summed E-state index contributed by atoms with van der Waals surface area (Å²) in [5.41, 5.74) is 2.97. The van der Waals surface area contributed by atoms with Gasteiger partial charge in [-0.15, -0.1) is 0 Å². The van der Waals surface area contributed by atoms with E-state index in [1.165, 1.54) is 24.0 Å². The van der Waals surface area contributed by atoms with E-state index in [-0.39, 0.29) is 12.2 Å². The second-order valence-electron chi connectivity index (χ2n) is 7.79. The average Bonchev–Trinajstić information content (AvgIpc) is 2.85. The van der Waals surface area contributed by atoms with Crippen molar-refractivity contribution in [3.63, 3.8) is 0 Å². The van der Waals surface area contributed by atoms with Crippen LogP contribution < -0.4 is 0 Å². The highest BCUT2D eigenvalue weighted by Gasteiger charge is 2.44. The minimum Gasteiger partial charge on any atom is -0.393 e. The van der Waals surface area contributed by atoms with Gasteiger partial charge in [-0.2, -0.15) is 0 Å². The fourth-order valence-electron chi connectivity index (χ4n) is 4.91. The molecule has 23 heavy (non-hydrogen) atoms. The van der Waals surface area contributed by atoms with E-state index < -0.39 is 0 Å². The zero-order valence-corrected chi connectivity index (χ0v) is 14.5. The number of benzene rings is 1. The molecule has 0 amide bonds. The van der Waals surface area contributed by atoms with Crippen LogP contribution in [0, 0.1) is 17.8 Å². The Morgan fingerprint density at radius 1 is 1.09 bits per heavy atom. The van der Waals surface area contributed by atoms with Crippen LogP contribution in [-0.4, -0.2) is 22.4 Å². The minimum atomic E-state index is -0.177. The van der Waals surface area contributed by atoms with Crippen molar-refractivity contribution in [1.82, 2.24) is 0 Å². The van der Waals surface area contributed by atoms with E-state index in [9.17, 15) is 10.2 Å². The van der Waals surface area contributed by atoms with Gasteiger partial charge in [-0.25, -0.2) is 0 Å². The summed E-state index contributed by atoms with van der Waals surface area (Å²) in [6.45, 7) is 2.20. The highest BCUT2D eigenvalue weighted by molar-refractivity contribution is 5.31. The van der Waals surface area contributed by atoms with E-state index in [1.807, 2.05) is 0 Å². The Hall–Kier alpha value is -0.860. The summed E-state index contributed by atoms with van der Waals surface area (Å²) in [6, 6.07) is 8.78. The van der Waals surface area contributed by atoms with Gasteiger partial charge in [-0.1, -0.05) is 50.5 Å². The molecule has 2 aliphatic carbocycles. The van der Waals surface area contributed by atoms with Gasteiger partial charge in [0.05, 0.1) is 12.2 Å². The molecule has 1 aromatic rings. The Morgan fingerprint density at radius 2 is 1.83 bits per heavy atom. The second kappa shape index (κ2) is 7.81. The van der Waals surface area contributed by atoms with Gasteiger partial charge in [0.2, 0.25) is 0 Å². The van der Waals surface area contributed by atoms with Crippen molar-refractivity contribution in [3.8, 4) is 0 Å². The van der Waals surface area contributed by atoms with Crippen LogP contribution in [0.1, 0.15) is 63.0 Å². The average molecular weight is 316 g/mol. The van der Waals surface area contributed by atoms with Gasteiger partial charge < -0.3 is 10.2 Å². The summed E-state index contributed by atoms with van der Waals surface area (Å²) in [5, 5.41) is 20.7. The monoisotopic (exact) mass is 316 g/mol. The Balaban J connectivity index is 1.56. The molecular formula is C21H32O2. The number of aliphatic hydroxyl groups is 2. The number of unbranched alkanes of at least 4 members (excludes halogenated alkanes) is 2. The van der Waals surface area contributed by atoms with Crippen LogP contribution >= 0.6 is 0 Å². The maximum absolute atomic E-state index is 10.5. The van der Waals surface area contributed by atoms with Gasteiger partial charge in [0.15, 0.2) is 0 Å². The number of hydrogen-bond donors (Lipinski definition) is 2. The molecule has 0 heterocycles. The highest BCUT2D eigenvalue weighted by Crippen LogP contribution is 2.46. The Morgan fingerprint density at radius 3 is 2.57 bits per heavy atom. The molecular weight excluding hydrogens is 284 g/mol. The largest absolute Gasteiger partial charge is 0.393 e. The fourth-order valence-corrected chi connectivity index (χ4v) is 4.91. The van der Waals surface area contributed by atoms with E-state index in [4.69, 9.17) is 0 Å². The highest BCUT2D eigenvalue weighted by atomic mass is 16.3. The standard InChI is InChI=1S/C21H32O2/c1-2-3-4-9-18(22)10-11-19-20-13-16-8-6-5-7-15(16)12-17(20)14-21(19)23/h5-8,17-23H,2-4,9-14H2,1H3/t17?,18-,19?,20?,21?/m1/s1. The summed E-state index contributed by atoms with van der Waals surface area (Å²) in [5.74, 6) is 1.64. The molecule has 1 aromatic carbocycles. The molecule has 0 bridgehead atoms. The van der Waals surface area contributed by atoms with Gasteiger partial charge in [-0.05, 0) is 67.4 Å². The summed E-state index contributed by atoms with van der Waals surface area (Å²) >= 11 is 0. The summed E-state index contributed by atoms with van der Waals surface area (Å²) < 4.78 is 0. The molecule has 4 unspecified atom stereocenters. The summed E-state index contributed by atoms with van der Waals surface area (Å²) in [6.07, 6.45) is 9.18. The van der Waals surface area contributed by atoms with Gasteiger partial charge >= 0.3 is 0 Å². The van der Waals surface area contributed by atoms with Crippen LogP contribution in [-0.2, 0) is 12.8 Å². The van der Waals surface area contributed by atoms with Crippen molar-refractivity contribution >= 4 is 0 Å². The number of fused-ring (bicyclic) bond motifs is 2. The van der Waals surface area contributed by atoms with Gasteiger partial charge in [0.25, 0.3) is 0 Å². The minimum absolute atomic E-state index is 0.165. The molecule has 128 valence electrons. The number of rotatable bonds is 7. The van der Waals surface area contributed by atoms with E-state index in [1.54, 1.807) is 0 Å². The zero-order chi connectivity index (χ0) is 16.2. The van der Waals surface area contributed by atoms with Crippen molar-refractivity contribution in [3.05, 3.63) is 35.4 Å². The molecule has 0 spiro atoms. The smallest absolute Gasteiger partial charge is 0.0574 e. The van der Waals surface area contributed by atoms with E-state index in [2.05, 4.69) is 31.2 Å². The summed E-state index contributed by atoms with van der Waals surface area (Å²) in [7, 11) is 0. The first kappa shape index (κ1) is 17.0. The quantitative estimate of drug-likeness (QED) is 0.743. The maximum atomic E-state index is 10.5. The van der Waals surface area contributed by atoms with Crippen LogP contribution in [0.4, 0.5) is 0 Å². The molecule has 2 nitrogen and oxygen atoms in total. The lowest BCUT2D eigenvalue weighted by atomic mass is 9.74. The van der Waals surface area contributed by atoms with E-state index in [0.29, 0.717) is 17.8 Å². The zero-order valence-electron chi connectivity index (χ0n) is 14.5. The van der Waals surface area contributed by atoms with Crippen molar-refractivity contribution < 1.29 is 10.2 Å². The third kappa shape index (κ3) is 3.97. The molecule has 2 N–H and O–H groups in total. The van der Waals surface area contributed by atoms with Gasteiger partial charge in [-0.3, -0.25) is 0 Å². The van der Waals surface area contributed by atoms with Crippen LogP contribution in [0.15, 0.2) is 24.3 Å². The Labute approximate surface area is 140 Å². The summed E-state index contributed by atoms with van der Waals surface area (Å²) in [4.78, 5) is 0. The van der Waals surface area contributed by atoms with Crippen LogP contribution in [0.5, 0.6) is 0 Å². The molecule has 0 aliphatic heterocycles. The van der Waals surface area contributed by atoms with Gasteiger partial charge in [0, 0.05) is 0 Å².